The van der Waals surface area contributed by atoms with Crippen molar-refractivity contribution in [2.24, 2.45) is 10.2 Å². The summed E-state index contributed by atoms with van der Waals surface area (Å²) in [5, 5.41) is 10.5. The van der Waals surface area contributed by atoms with Gasteiger partial charge in [0, 0.05) is 26.2 Å². The van der Waals surface area contributed by atoms with Crippen molar-refractivity contribution < 1.29 is 0 Å². The lowest BCUT2D eigenvalue weighted by molar-refractivity contribution is 0.217. The van der Waals surface area contributed by atoms with Crippen molar-refractivity contribution in [1.82, 2.24) is 9.80 Å². The average Bonchev–Trinajstić information content (AvgIpc) is 2.69. The van der Waals surface area contributed by atoms with Gasteiger partial charge in [-0.3, -0.25) is 0 Å². The molecule has 0 saturated carbocycles. The fourth-order valence-electron chi connectivity index (χ4n) is 3.14. The van der Waals surface area contributed by atoms with E-state index in [1.165, 1.54) is 5.56 Å². The van der Waals surface area contributed by atoms with Crippen LogP contribution in [-0.4, -0.2) is 53.9 Å². The van der Waals surface area contributed by atoms with Gasteiger partial charge in [0.15, 0.2) is 5.17 Å². The summed E-state index contributed by atoms with van der Waals surface area (Å²) in [5.41, 5.74) is 3.45. The van der Waals surface area contributed by atoms with E-state index in [0.717, 1.165) is 42.6 Å². The number of likely N-dealkylation sites (N-methyl/N-ethyl adjacent to an activating group) is 1. The molecule has 1 saturated heterocycles. The second-order valence-corrected chi connectivity index (χ2v) is 7.50. The number of rotatable bonds is 2. The molecule has 0 aliphatic carbocycles. The summed E-state index contributed by atoms with van der Waals surface area (Å²) in [7, 11) is 2.17. The Hall–Kier alpha value is -1.82. The van der Waals surface area contributed by atoms with Gasteiger partial charge in [-0.05, 0) is 18.2 Å². The molecule has 1 fully saturated rings. The quantitative estimate of drug-likeness (QED) is 0.784. The summed E-state index contributed by atoms with van der Waals surface area (Å²) in [5.74, 6) is 0. The number of halogens is 1. The number of hydrogen-bond donors (Lipinski definition) is 0. The molecule has 0 bridgehead atoms. The molecule has 2 aliphatic rings. The minimum Gasteiger partial charge on any atom is -0.347 e. The highest BCUT2D eigenvalue weighted by Gasteiger charge is 2.29. The van der Waals surface area contributed by atoms with Crippen LogP contribution in [-0.2, 0) is 0 Å². The molecule has 2 aliphatic heterocycles. The number of benzene rings is 2. The molecule has 4 rings (SSSR count). The van der Waals surface area contributed by atoms with E-state index in [1.807, 2.05) is 17.8 Å². The first kappa shape index (κ1) is 19.0. The molecular weight excluding hydrogens is 364 g/mol. The predicted molar refractivity (Wildman–Crippen MR) is 114 cm³/mol. The monoisotopic (exact) mass is 386 g/mol. The van der Waals surface area contributed by atoms with E-state index in [0.29, 0.717) is 0 Å². The maximum Gasteiger partial charge on any atom is 0.186 e. The Morgan fingerprint density at radius 2 is 1.46 bits per heavy atom. The molecule has 4 nitrogen and oxygen atoms in total. The van der Waals surface area contributed by atoms with Crippen LogP contribution in [0.15, 0.2) is 70.9 Å². The molecule has 0 N–H and O–H groups in total. The van der Waals surface area contributed by atoms with Crippen molar-refractivity contribution in [3.05, 3.63) is 71.8 Å². The lowest BCUT2D eigenvalue weighted by Gasteiger charge is -2.36. The van der Waals surface area contributed by atoms with Crippen LogP contribution in [0.5, 0.6) is 0 Å². The van der Waals surface area contributed by atoms with Crippen LogP contribution in [0.1, 0.15) is 16.4 Å². The third-order valence-electron chi connectivity index (χ3n) is 4.66. The standard InChI is InChI=1S/C20H22N4S.ClH/c1-23-12-14-24(15-13-23)20-22-21-18(16-8-4-2-5-9-16)19(25-20)17-10-6-3-7-11-17;/h2-11,19H,12-15H2,1H3;1H. The number of nitrogens with zero attached hydrogens (tertiary/aromatic N) is 4. The Labute approximate surface area is 165 Å². The van der Waals surface area contributed by atoms with Gasteiger partial charge in [-0.25, -0.2) is 0 Å². The molecule has 0 spiro atoms. The zero-order valence-corrected chi connectivity index (χ0v) is 16.4. The molecule has 0 aromatic heterocycles. The summed E-state index contributed by atoms with van der Waals surface area (Å²) in [6.07, 6.45) is 0. The van der Waals surface area contributed by atoms with Crippen molar-refractivity contribution in [3.8, 4) is 0 Å². The molecule has 0 amide bonds. The van der Waals surface area contributed by atoms with Gasteiger partial charge in [0.1, 0.15) is 0 Å². The van der Waals surface area contributed by atoms with Gasteiger partial charge >= 0.3 is 0 Å². The van der Waals surface area contributed by atoms with E-state index < -0.39 is 0 Å². The predicted octanol–water partition coefficient (Wildman–Crippen LogP) is 3.90. The highest BCUT2D eigenvalue weighted by Crippen LogP contribution is 2.37. The van der Waals surface area contributed by atoms with Gasteiger partial charge in [-0.2, -0.15) is 5.10 Å². The Morgan fingerprint density at radius 1 is 0.846 bits per heavy atom. The molecule has 2 heterocycles. The zero-order chi connectivity index (χ0) is 17.1. The van der Waals surface area contributed by atoms with E-state index in [2.05, 4.69) is 81.6 Å². The topological polar surface area (TPSA) is 31.2 Å². The van der Waals surface area contributed by atoms with Crippen LogP contribution in [0.4, 0.5) is 0 Å². The minimum absolute atomic E-state index is 0. The van der Waals surface area contributed by atoms with Crippen LogP contribution in [0, 0.1) is 0 Å². The third kappa shape index (κ3) is 4.11. The summed E-state index contributed by atoms with van der Waals surface area (Å²) < 4.78 is 0. The molecule has 2 aromatic carbocycles. The second-order valence-electron chi connectivity index (χ2n) is 6.43. The average molecular weight is 387 g/mol. The molecule has 1 unspecified atom stereocenters. The van der Waals surface area contributed by atoms with Gasteiger partial charge in [0.25, 0.3) is 0 Å². The van der Waals surface area contributed by atoms with Gasteiger partial charge in [-0.1, -0.05) is 72.4 Å². The van der Waals surface area contributed by atoms with Crippen molar-refractivity contribution >= 4 is 35.0 Å². The lowest BCUT2D eigenvalue weighted by Crippen LogP contribution is -2.47. The lowest BCUT2D eigenvalue weighted by atomic mass is 10.0. The Kier molecular flexibility index (Phi) is 6.35. The van der Waals surface area contributed by atoms with Gasteiger partial charge in [0.05, 0.1) is 11.0 Å². The molecule has 0 radical (unpaired) electrons. The SMILES string of the molecule is CN1CCN(C2=NN=C(c3ccccc3)C(c3ccccc3)S2)CC1.Cl. The highest BCUT2D eigenvalue weighted by molar-refractivity contribution is 8.14. The zero-order valence-electron chi connectivity index (χ0n) is 14.8. The van der Waals surface area contributed by atoms with Gasteiger partial charge < -0.3 is 9.80 Å². The number of piperazine rings is 1. The molecule has 6 heteroatoms. The summed E-state index contributed by atoms with van der Waals surface area (Å²) >= 11 is 1.82. The highest BCUT2D eigenvalue weighted by atomic mass is 35.5. The van der Waals surface area contributed by atoms with Crippen LogP contribution in [0.25, 0.3) is 0 Å². The van der Waals surface area contributed by atoms with E-state index in [9.17, 15) is 0 Å². The molecular formula is C20H23ClN4S. The molecule has 26 heavy (non-hydrogen) atoms. The molecule has 1 atom stereocenters. The minimum atomic E-state index is 0. The van der Waals surface area contributed by atoms with Gasteiger partial charge in [0.2, 0.25) is 0 Å². The third-order valence-corrected chi connectivity index (χ3v) is 5.94. The van der Waals surface area contributed by atoms with E-state index in [1.54, 1.807) is 0 Å². The van der Waals surface area contributed by atoms with Crippen molar-refractivity contribution in [1.29, 1.82) is 0 Å². The largest absolute Gasteiger partial charge is 0.347 e. The first-order valence-corrected chi connectivity index (χ1v) is 9.55. The normalized spacial score (nSPS) is 20.8. The first-order valence-electron chi connectivity index (χ1n) is 8.67. The maximum absolute atomic E-state index is 4.66. The maximum atomic E-state index is 4.66. The van der Waals surface area contributed by atoms with Crippen LogP contribution < -0.4 is 0 Å². The summed E-state index contributed by atoms with van der Waals surface area (Å²) in [4.78, 5) is 4.73. The van der Waals surface area contributed by atoms with Crippen molar-refractivity contribution in [2.45, 2.75) is 5.25 Å². The van der Waals surface area contributed by atoms with Gasteiger partial charge in [-0.15, -0.1) is 17.5 Å². The van der Waals surface area contributed by atoms with Crippen LogP contribution in [0.3, 0.4) is 0 Å². The van der Waals surface area contributed by atoms with Crippen molar-refractivity contribution in [2.75, 3.05) is 33.2 Å². The van der Waals surface area contributed by atoms with Crippen molar-refractivity contribution in [3.63, 3.8) is 0 Å². The molecule has 136 valence electrons. The Morgan fingerprint density at radius 3 is 2.12 bits per heavy atom. The van der Waals surface area contributed by atoms with E-state index >= 15 is 0 Å². The summed E-state index contributed by atoms with van der Waals surface area (Å²) in [6.45, 7) is 4.18. The first-order chi connectivity index (χ1) is 12.3. The van der Waals surface area contributed by atoms with Crippen LogP contribution in [0.2, 0.25) is 0 Å². The smallest absolute Gasteiger partial charge is 0.186 e. The Balaban J connectivity index is 0.00000196. The number of amidine groups is 1. The second kappa shape index (κ2) is 8.71. The van der Waals surface area contributed by atoms with E-state index in [-0.39, 0.29) is 17.7 Å². The number of thioether (sulfide) groups is 1. The number of hydrogen-bond acceptors (Lipinski definition) is 5. The Bertz CT molecular complexity index is 771. The summed E-state index contributed by atoms with van der Waals surface area (Å²) in [6, 6.07) is 21.0. The fourth-order valence-corrected chi connectivity index (χ4v) is 4.36. The van der Waals surface area contributed by atoms with E-state index in [4.69, 9.17) is 0 Å². The van der Waals surface area contributed by atoms with Crippen LogP contribution >= 0.6 is 24.2 Å². The fraction of sp³-hybridized carbons (Fsp3) is 0.300. The molecule has 2 aromatic rings.